The van der Waals surface area contributed by atoms with Gasteiger partial charge in [-0.15, -0.1) is 11.3 Å². The number of benzene rings is 2. The van der Waals surface area contributed by atoms with Gasteiger partial charge in [0.25, 0.3) is 0 Å². The van der Waals surface area contributed by atoms with E-state index in [0.717, 1.165) is 51.9 Å². The van der Waals surface area contributed by atoms with Gasteiger partial charge in [-0.1, -0.05) is 12.1 Å². The number of methoxy groups -OCH3 is 2. The maximum Gasteiger partial charge on any atom is 0.227 e. The third-order valence-electron chi connectivity index (χ3n) is 4.51. The van der Waals surface area contributed by atoms with Crippen LogP contribution in [0, 0.1) is 5.92 Å². The molecule has 1 aliphatic carbocycles. The van der Waals surface area contributed by atoms with Crippen molar-refractivity contribution in [3.63, 3.8) is 0 Å². The van der Waals surface area contributed by atoms with Crippen LogP contribution in [0.1, 0.15) is 12.8 Å². The van der Waals surface area contributed by atoms with E-state index in [0.29, 0.717) is 0 Å². The minimum absolute atomic E-state index is 0.105. The summed E-state index contributed by atoms with van der Waals surface area (Å²) in [4.78, 5) is 16.8. The fourth-order valence-corrected chi connectivity index (χ4v) is 3.68. The molecule has 1 amide bonds. The van der Waals surface area contributed by atoms with Crippen LogP contribution in [0.2, 0.25) is 0 Å². The van der Waals surface area contributed by atoms with Gasteiger partial charge in [0.15, 0.2) is 0 Å². The number of aromatic nitrogens is 1. The number of thiazole rings is 1. The first-order valence-corrected chi connectivity index (χ1v) is 9.65. The van der Waals surface area contributed by atoms with Gasteiger partial charge in [-0.05, 0) is 43.2 Å². The van der Waals surface area contributed by atoms with Gasteiger partial charge >= 0.3 is 0 Å². The van der Waals surface area contributed by atoms with Crippen LogP contribution < -0.4 is 14.8 Å². The SMILES string of the molecule is COc1ccc(OC)c(-c2csc(-c3cccc(NC(=O)C4CC4)c3)n2)c1. The number of nitrogens with one attached hydrogen (secondary N) is 1. The molecule has 0 atom stereocenters. The summed E-state index contributed by atoms with van der Waals surface area (Å²) in [7, 11) is 3.28. The molecule has 0 saturated heterocycles. The molecule has 138 valence electrons. The third kappa shape index (κ3) is 3.80. The lowest BCUT2D eigenvalue weighted by molar-refractivity contribution is -0.117. The number of anilines is 1. The molecule has 1 heterocycles. The van der Waals surface area contributed by atoms with Gasteiger partial charge in [0.1, 0.15) is 16.5 Å². The average molecular weight is 380 g/mol. The Kier molecular flexibility index (Phi) is 4.81. The van der Waals surface area contributed by atoms with Gasteiger partial charge < -0.3 is 14.8 Å². The summed E-state index contributed by atoms with van der Waals surface area (Å²) in [6.07, 6.45) is 1.98. The second-order valence-electron chi connectivity index (χ2n) is 6.45. The zero-order chi connectivity index (χ0) is 18.8. The molecule has 0 aliphatic heterocycles. The zero-order valence-corrected chi connectivity index (χ0v) is 16.0. The summed E-state index contributed by atoms with van der Waals surface area (Å²) in [6.45, 7) is 0. The standard InChI is InChI=1S/C21H20N2O3S/c1-25-16-8-9-19(26-2)17(11-16)18-12-27-21(23-18)14-4-3-5-15(10-14)22-20(24)13-6-7-13/h3-5,8-13H,6-7H2,1-2H3,(H,22,24). The van der Waals surface area contributed by atoms with Crippen molar-refractivity contribution in [1.82, 2.24) is 4.98 Å². The number of ether oxygens (including phenoxy) is 2. The molecule has 27 heavy (non-hydrogen) atoms. The van der Waals surface area contributed by atoms with Gasteiger partial charge in [-0.2, -0.15) is 0 Å². The lowest BCUT2D eigenvalue weighted by atomic mass is 10.1. The summed E-state index contributed by atoms with van der Waals surface area (Å²) in [5.41, 5.74) is 3.50. The first-order chi connectivity index (χ1) is 13.2. The monoisotopic (exact) mass is 380 g/mol. The Morgan fingerprint density at radius 3 is 2.74 bits per heavy atom. The molecule has 0 unspecified atom stereocenters. The van der Waals surface area contributed by atoms with Gasteiger partial charge in [0.2, 0.25) is 5.91 Å². The van der Waals surface area contributed by atoms with Crippen LogP contribution in [0.25, 0.3) is 21.8 Å². The Labute approximate surface area is 162 Å². The summed E-state index contributed by atoms with van der Waals surface area (Å²) < 4.78 is 10.8. The number of rotatable bonds is 6. The van der Waals surface area contributed by atoms with Crippen molar-refractivity contribution in [1.29, 1.82) is 0 Å². The lowest BCUT2D eigenvalue weighted by Crippen LogP contribution is -2.13. The van der Waals surface area contributed by atoms with Crippen molar-refractivity contribution >= 4 is 22.9 Å². The number of carbonyl (C=O) groups excluding carboxylic acids is 1. The molecule has 1 N–H and O–H groups in total. The van der Waals surface area contributed by atoms with E-state index >= 15 is 0 Å². The van der Waals surface area contributed by atoms with Crippen LogP contribution in [0.5, 0.6) is 11.5 Å². The number of nitrogens with zero attached hydrogens (tertiary/aromatic N) is 1. The number of amides is 1. The smallest absolute Gasteiger partial charge is 0.227 e. The second-order valence-corrected chi connectivity index (χ2v) is 7.31. The lowest BCUT2D eigenvalue weighted by Gasteiger charge is -2.08. The zero-order valence-electron chi connectivity index (χ0n) is 15.2. The van der Waals surface area contributed by atoms with Crippen molar-refractivity contribution in [3.05, 3.63) is 47.8 Å². The van der Waals surface area contributed by atoms with E-state index in [1.165, 1.54) is 0 Å². The van der Waals surface area contributed by atoms with E-state index in [1.807, 2.05) is 47.8 Å². The Bertz CT molecular complexity index is 979. The fraction of sp³-hybridized carbons (Fsp3) is 0.238. The summed E-state index contributed by atoms with van der Waals surface area (Å²) in [6, 6.07) is 13.5. The van der Waals surface area contributed by atoms with Gasteiger partial charge in [0.05, 0.1) is 19.9 Å². The number of hydrogen-bond donors (Lipinski definition) is 1. The van der Waals surface area contributed by atoms with Crippen molar-refractivity contribution in [3.8, 4) is 33.3 Å². The molecule has 1 fully saturated rings. The Morgan fingerprint density at radius 2 is 2.00 bits per heavy atom. The number of carbonyl (C=O) groups is 1. The summed E-state index contributed by atoms with van der Waals surface area (Å²) >= 11 is 1.56. The van der Waals surface area contributed by atoms with Crippen LogP contribution in [0.3, 0.4) is 0 Å². The van der Waals surface area contributed by atoms with E-state index in [4.69, 9.17) is 14.5 Å². The molecule has 1 aromatic heterocycles. The van der Waals surface area contributed by atoms with Crippen molar-refractivity contribution < 1.29 is 14.3 Å². The largest absolute Gasteiger partial charge is 0.497 e. The first-order valence-electron chi connectivity index (χ1n) is 8.77. The van der Waals surface area contributed by atoms with Gasteiger partial charge in [-0.25, -0.2) is 4.98 Å². The van der Waals surface area contributed by atoms with Crippen LogP contribution >= 0.6 is 11.3 Å². The Balaban J connectivity index is 1.62. The van der Waals surface area contributed by atoms with E-state index < -0.39 is 0 Å². The third-order valence-corrected chi connectivity index (χ3v) is 5.40. The van der Waals surface area contributed by atoms with Crippen molar-refractivity contribution in [2.24, 2.45) is 5.92 Å². The molecule has 6 heteroatoms. The molecule has 2 aromatic carbocycles. The minimum atomic E-state index is 0.105. The molecular formula is C21H20N2O3S. The highest BCUT2D eigenvalue weighted by molar-refractivity contribution is 7.13. The summed E-state index contributed by atoms with van der Waals surface area (Å²) in [5, 5.41) is 5.88. The Hall–Kier alpha value is -2.86. The Morgan fingerprint density at radius 1 is 1.15 bits per heavy atom. The molecule has 0 bridgehead atoms. The molecule has 5 nitrogen and oxygen atoms in total. The van der Waals surface area contributed by atoms with Crippen molar-refractivity contribution in [2.75, 3.05) is 19.5 Å². The second kappa shape index (κ2) is 7.40. The van der Waals surface area contributed by atoms with Crippen molar-refractivity contribution in [2.45, 2.75) is 12.8 Å². The summed E-state index contributed by atoms with van der Waals surface area (Å²) in [5.74, 6) is 1.79. The molecule has 4 rings (SSSR count). The highest BCUT2D eigenvalue weighted by Gasteiger charge is 2.29. The number of hydrogen-bond acceptors (Lipinski definition) is 5. The predicted octanol–water partition coefficient (Wildman–Crippen LogP) is 4.84. The van der Waals surface area contributed by atoms with Crippen LogP contribution in [0.4, 0.5) is 5.69 Å². The molecule has 0 spiro atoms. The molecule has 1 aliphatic rings. The molecular weight excluding hydrogens is 360 g/mol. The van der Waals surface area contributed by atoms with Crippen LogP contribution in [-0.2, 0) is 4.79 Å². The maximum atomic E-state index is 12.0. The fourth-order valence-electron chi connectivity index (χ4n) is 2.86. The molecule has 0 radical (unpaired) electrons. The molecule has 3 aromatic rings. The first kappa shape index (κ1) is 17.5. The van der Waals surface area contributed by atoms with E-state index in [2.05, 4.69) is 5.32 Å². The predicted molar refractivity (Wildman–Crippen MR) is 107 cm³/mol. The van der Waals surface area contributed by atoms with Gasteiger partial charge in [-0.3, -0.25) is 4.79 Å². The average Bonchev–Trinajstić information content (AvgIpc) is 3.44. The highest BCUT2D eigenvalue weighted by atomic mass is 32.1. The quantitative estimate of drug-likeness (QED) is 0.664. The van der Waals surface area contributed by atoms with Gasteiger partial charge in [0, 0.05) is 28.1 Å². The van der Waals surface area contributed by atoms with E-state index in [1.54, 1.807) is 25.6 Å². The van der Waals surface area contributed by atoms with E-state index in [9.17, 15) is 4.79 Å². The molecule has 1 saturated carbocycles. The normalized spacial score (nSPS) is 13.3. The topological polar surface area (TPSA) is 60.5 Å². The maximum absolute atomic E-state index is 12.0. The highest BCUT2D eigenvalue weighted by Crippen LogP contribution is 2.37. The van der Waals surface area contributed by atoms with E-state index in [-0.39, 0.29) is 11.8 Å². The van der Waals surface area contributed by atoms with Crippen LogP contribution in [0.15, 0.2) is 47.8 Å². The minimum Gasteiger partial charge on any atom is -0.497 e. The van der Waals surface area contributed by atoms with Crippen LogP contribution in [-0.4, -0.2) is 25.1 Å².